The molecule has 0 spiro atoms. The number of halogens is 6. The van der Waals surface area contributed by atoms with Gasteiger partial charge >= 0.3 is 12.4 Å². The molecule has 2 fully saturated rings. The summed E-state index contributed by atoms with van der Waals surface area (Å²) in [6.07, 6.45) is -8.88. The van der Waals surface area contributed by atoms with Crippen molar-refractivity contribution in [1.29, 1.82) is 0 Å². The van der Waals surface area contributed by atoms with E-state index < -0.39 is 23.5 Å². The van der Waals surface area contributed by atoms with Gasteiger partial charge in [-0.05, 0) is 42.5 Å². The van der Waals surface area contributed by atoms with Crippen molar-refractivity contribution in [2.75, 3.05) is 13.1 Å². The predicted molar refractivity (Wildman–Crippen MR) is 74.4 cm³/mol. The first kappa shape index (κ1) is 17.6. The van der Waals surface area contributed by atoms with Gasteiger partial charge in [0.1, 0.15) is 14.1 Å². The Morgan fingerprint density at radius 3 is 1.75 bits per heavy atom. The van der Waals surface area contributed by atoms with E-state index in [1.807, 2.05) is 4.90 Å². The summed E-state index contributed by atoms with van der Waals surface area (Å²) < 4.78 is 82.6. The van der Waals surface area contributed by atoms with Crippen LogP contribution in [0.5, 0.6) is 0 Å². The molecule has 0 N–H and O–H groups in total. The van der Waals surface area contributed by atoms with Crippen molar-refractivity contribution in [3.63, 3.8) is 0 Å². The zero-order valence-corrected chi connectivity index (χ0v) is 12.5. The van der Waals surface area contributed by atoms with Crippen LogP contribution < -0.4 is 0 Å². The van der Waals surface area contributed by atoms with E-state index >= 15 is 0 Å². The Balaban J connectivity index is 1.82. The molecule has 0 aromatic heterocycles. The maximum atomic E-state index is 12.9. The minimum Gasteiger partial charge on any atom is -0.364 e. The van der Waals surface area contributed by atoms with Gasteiger partial charge in [0.2, 0.25) is 0 Å². The maximum Gasteiger partial charge on any atom is 0.416 e. The lowest BCUT2D eigenvalue weighted by Crippen LogP contribution is -2.36. The number of piperidine rings is 1. The molecule has 2 aliphatic heterocycles. The monoisotopic (exact) mass is 349 g/mol. The highest BCUT2D eigenvalue weighted by Crippen LogP contribution is 2.40. The van der Waals surface area contributed by atoms with Crippen molar-refractivity contribution in [2.24, 2.45) is 0 Å². The Bertz CT molecular complexity index is 577. The van der Waals surface area contributed by atoms with Crippen LogP contribution in [0.1, 0.15) is 35.4 Å². The van der Waals surface area contributed by atoms with Gasteiger partial charge in [-0.2, -0.15) is 26.3 Å². The van der Waals surface area contributed by atoms with E-state index in [0.717, 1.165) is 12.1 Å². The number of hydrogen-bond acceptors (Lipinski definition) is 2. The molecule has 2 atom stereocenters. The molecule has 2 nitrogen and oxygen atoms in total. The van der Waals surface area contributed by atoms with Gasteiger partial charge in [-0.25, -0.2) is 0 Å². The number of rotatable bonds is 2. The first-order valence-corrected chi connectivity index (χ1v) is 7.50. The van der Waals surface area contributed by atoms with Crippen LogP contribution in [0.25, 0.3) is 0 Å². The van der Waals surface area contributed by atoms with E-state index in [1.165, 1.54) is 0 Å². The highest BCUT2D eigenvalue weighted by atomic mass is 19.4. The first-order valence-electron chi connectivity index (χ1n) is 7.50. The number of epoxide rings is 1. The SMILES string of the molecule is [B]C1OC1N1CCC(c2cc(C(F)(F)F)cc(C(F)(F)F)c2)CC1. The molecule has 3 rings (SSSR count). The van der Waals surface area contributed by atoms with E-state index in [1.54, 1.807) is 0 Å². The molecule has 24 heavy (non-hydrogen) atoms. The Morgan fingerprint density at radius 1 is 0.917 bits per heavy atom. The number of benzene rings is 1. The summed E-state index contributed by atoms with van der Waals surface area (Å²) in [7, 11) is 5.56. The van der Waals surface area contributed by atoms with Gasteiger partial charge < -0.3 is 4.74 Å². The first-order chi connectivity index (χ1) is 11.1. The largest absolute Gasteiger partial charge is 0.416 e. The van der Waals surface area contributed by atoms with Gasteiger partial charge in [0, 0.05) is 13.1 Å². The topological polar surface area (TPSA) is 15.8 Å². The average molecular weight is 349 g/mol. The Morgan fingerprint density at radius 2 is 1.38 bits per heavy atom. The Hall–Kier alpha value is -1.22. The second-order valence-electron chi connectivity index (χ2n) is 6.14. The molecule has 2 heterocycles. The van der Waals surface area contributed by atoms with Crippen molar-refractivity contribution in [1.82, 2.24) is 4.90 Å². The van der Waals surface area contributed by atoms with Gasteiger partial charge in [-0.1, -0.05) is 0 Å². The molecule has 0 saturated carbocycles. The smallest absolute Gasteiger partial charge is 0.364 e. The molecule has 1 aromatic carbocycles. The van der Waals surface area contributed by atoms with Crippen molar-refractivity contribution >= 4 is 7.85 Å². The molecule has 1 aromatic rings. The third-order valence-corrected chi connectivity index (χ3v) is 4.47. The maximum absolute atomic E-state index is 12.9. The average Bonchev–Trinajstić information content (AvgIpc) is 3.22. The van der Waals surface area contributed by atoms with Gasteiger partial charge in [0.05, 0.1) is 17.1 Å². The van der Waals surface area contributed by atoms with Gasteiger partial charge in [0.15, 0.2) is 0 Å². The van der Waals surface area contributed by atoms with Crippen molar-refractivity contribution < 1.29 is 31.1 Å². The lowest BCUT2D eigenvalue weighted by atomic mass is 9.87. The predicted octanol–water partition coefficient (Wildman–Crippen LogP) is 3.75. The minimum absolute atomic E-state index is 0.0813. The van der Waals surface area contributed by atoms with Crippen LogP contribution in [0.2, 0.25) is 0 Å². The van der Waals surface area contributed by atoms with Crippen molar-refractivity contribution in [2.45, 2.75) is 43.3 Å². The number of hydrogen-bond donors (Lipinski definition) is 0. The molecule has 9 heteroatoms. The summed E-state index contributed by atoms with van der Waals surface area (Å²) in [5.41, 5.74) is -2.44. The van der Waals surface area contributed by atoms with Crippen molar-refractivity contribution in [3.8, 4) is 0 Å². The summed E-state index contributed by atoms with van der Waals surface area (Å²) in [4.78, 5) is 1.96. The number of alkyl halides is 6. The third-order valence-electron chi connectivity index (χ3n) is 4.47. The second kappa shape index (κ2) is 5.95. The lowest BCUT2D eigenvalue weighted by Gasteiger charge is -2.31. The zero-order valence-electron chi connectivity index (χ0n) is 12.5. The van der Waals surface area contributed by atoms with E-state index in [2.05, 4.69) is 0 Å². The van der Waals surface area contributed by atoms with E-state index in [9.17, 15) is 26.3 Å². The number of likely N-dealkylation sites (tertiary alicyclic amines) is 1. The summed E-state index contributed by atoms with van der Waals surface area (Å²) in [5, 5.41) is 0. The highest BCUT2D eigenvalue weighted by molar-refractivity contribution is 6.12. The summed E-state index contributed by atoms with van der Waals surface area (Å²) in [6, 6.07) is 1.46. The summed E-state index contributed by atoms with van der Waals surface area (Å²) in [5.74, 6) is -0.348. The van der Waals surface area contributed by atoms with Gasteiger partial charge in [-0.15, -0.1) is 0 Å². The van der Waals surface area contributed by atoms with E-state index in [4.69, 9.17) is 12.6 Å². The van der Waals surface area contributed by atoms with Crippen LogP contribution in [-0.4, -0.2) is 38.1 Å². The summed E-state index contributed by atoms with van der Waals surface area (Å²) >= 11 is 0. The second-order valence-corrected chi connectivity index (χ2v) is 6.14. The zero-order chi connectivity index (χ0) is 17.7. The van der Waals surface area contributed by atoms with Gasteiger partial charge in [0.25, 0.3) is 0 Å². The molecule has 2 aliphatic rings. The molecule has 130 valence electrons. The Labute approximate surface area is 136 Å². The van der Waals surface area contributed by atoms with Crippen LogP contribution in [-0.2, 0) is 17.1 Å². The number of ether oxygens (including phenoxy) is 1. The van der Waals surface area contributed by atoms with E-state index in [-0.39, 0.29) is 29.8 Å². The molecule has 2 radical (unpaired) electrons. The molecule has 0 bridgehead atoms. The summed E-state index contributed by atoms with van der Waals surface area (Å²) in [6.45, 7) is 1.06. The quantitative estimate of drug-likeness (QED) is 0.459. The van der Waals surface area contributed by atoms with Crippen LogP contribution in [0, 0.1) is 0 Å². The van der Waals surface area contributed by atoms with Gasteiger partial charge in [-0.3, -0.25) is 4.90 Å². The third kappa shape index (κ3) is 3.72. The van der Waals surface area contributed by atoms with Crippen LogP contribution in [0.15, 0.2) is 18.2 Å². The van der Waals surface area contributed by atoms with Crippen molar-refractivity contribution in [3.05, 3.63) is 34.9 Å². The molecule has 2 saturated heterocycles. The molecular formula is C15H14BF6NO. The normalized spacial score (nSPS) is 26.6. The fourth-order valence-electron chi connectivity index (χ4n) is 3.11. The molecule has 0 aliphatic carbocycles. The lowest BCUT2D eigenvalue weighted by molar-refractivity contribution is -0.143. The molecule has 0 amide bonds. The molecule has 2 unspecified atom stereocenters. The van der Waals surface area contributed by atoms with Crippen LogP contribution in [0.3, 0.4) is 0 Å². The number of nitrogens with zero attached hydrogens (tertiary/aromatic N) is 1. The van der Waals surface area contributed by atoms with E-state index in [0.29, 0.717) is 25.9 Å². The van der Waals surface area contributed by atoms with Crippen LogP contribution in [0.4, 0.5) is 26.3 Å². The highest BCUT2D eigenvalue weighted by Gasteiger charge is 2.41. The van der Waals surface area contributed by atoms with Crippen LogP contribution >= 0.6 is 0 Å². The minimum atomic E-state index is -4.81. The molecular weight excluding hydrogens is 335 g/mol. The fourth-order valence-corrected chi connectivity index (χ4v) is 3.11. The standard InChI is InChI=1S/C15H14BF6NO/c16-12-13(24-12)23-3-1-8(2-4-23)9-5-10(14(17,18)19)7-11(6-9)15(20,21)22/h5-8,12-13H,1-4H2. The Kier molecular flexibility index (Phi) is 4.36. The fraction of sp³-hybridized carbons (Fsp3) is 0.600.